The quantitative estimate of drug-likeness (QED) is 0.766. The predicted octanol–water partition coefficient (Wildman–Crippen LogP) is 2.67. The second kappa shape index (κ2) is 6.19. The average Bonchev–Trinajstić information content (AvgIpc) is 2.24. The number of rotatable bonds is 6. The molecule has 0 aliphatic carbocycles. The highest BCUT2D eigenvalue weighted by molar-refractivity contribution is 6.70. The van der Waals surface area contributed by atoms with Crippen LogP contribution in [0.1, 0.15) is 24.4 Å². The summed E-state index contributed by atoms with van der Waals surface area (Å²) in [4.78, 5) is 0. The molecule has 0 saturated carbocycles. The molecule has 0 heterocycles. The second-order valence-electron chi connectivity index (χ2n) is 5.26. The first-order chi connectivity index (χ1) is 7.92. The molecule has 0 aliphatic heterocycles. The van der Waals surface area contributed by atoms with Crippen LogP contribution in [0.4, 0.5) is 0 Å². The van der Waals surface area contributed by atoms with E-state index >= 15 is 0 Å². The Bertz CT molecular complexity index is 332. The average molecular weight is 253 g/mol. The van der Waals surface area contributed by atoms with E-state index in [1.165, 1.54) is 0 Å². The van der Waals surface area contributed by atoms with Crippen molar-refractivity contribution in [1.82, 2.24) is 0 Å². The molecule has 0 aromatic heterocycles. The van der Waals surface area contributed by atoms with Gasteiger partial charge >= 0.3 is 0 Å². The maximum atomic E-state index is 8.76. The van der Waals surface area contributed by atoms with Gasteiger partial charge in [-0.05, 0) is 50.2 Å². The SMILES string of the molecule is C[Si](C)(C)Oc1ccc([C@@H](N)CCCO)cc1. The Balaban J connectivity index is 2.61. The highest BCUT2D eigenvalue weighted by Crippen LogP contribution is 2.21. The van der Waals surface area contributed by atoms with Gasteiger partial charge in [0.25, 0.3) is 0 Å². The van der Waals surface area contributed by atoms with Gasteiger partial charge < -0.3 is 15.3 Å². The van der Waals surface area contributed by atoms with Gasteiger partial charge in [-0.1, -0.05) is 12.1 Å². The number of nitrogens with two attached hydrogens (primary N) is 1. The van der Waals surface area contributed by atoms with Crippen molar-refractivity contribution in [3.63, 3.8) is 0 Å². The summed E-state index contributed by atoms with van der Waals surface area (Å²) in [6.07, 6.45) is 1.55. The van der Waals surface area contributed by atoms with Gasteiger partial charge in [0.1, 0.15) is 5.75 Å². The van der Waals surface area contributed by atoms with Gasteiger partial charge in [-0.25, -0.2) is 0 Å². The lowest BCUT2D eigenvalue weighted by Gasteiger charge is -2.20. The van der Waals surface area contributed by atoms with Crippen LogP contribution in [0, 0.1) is 0 Å². The molecule has 1 aromatic carbocycles. The molecule has 1 rings (SSSR count). The van der Waals surface area contributed by atoms with Crippen LogP contribution < -0.4 is 10.2 Å². The number of hydrogen-bond donors (Lipinski definition) is 2. The van der Waals surface area contributed by atoms with Crippen LogP contribution >= 0.6 is 0 Å². The molecule has 96 valence electrons. The fourth-order valence-electron chi connectivity index (χ4n) is 1.61. The Hall–Kier alpha value is -0.843. The molecule has 0 saturated heterocycles. The first kappa shape index (κ1) is 14.2. The molecule has 3 N–H and O–H groups in total. The molecule has 17 heavy (non-hydrogen) atoms. The molecular formula is C13H23NO2Si. The monoisotopic (exact) mass is 253 g/mol. The van der Waals surface area contributed by atoms with Gasteiger partial charge in [-0.15, -0.1) is 0 Å². The van der Waals surface area contributed by atoms with Gasteiger partial charge in [-0.3, -0.25) is 0 Å². The van der Waals surface area contributed by atoms with Gasteiger partial charge in [0, 0.05) is 12.6 Å². The van der Waals surface area contributed by atoms with Crippen LogP contribution in [0.15, 0.2) is 24.3 Å². The molecule has 0 radical (unpaired) electrons. The maximum absolute atomic E-state index is 8.76. The van der Waals surface area contributed by atoms with Crippen molar-refractivity contribution >= 4 is 8.32 Å². The Morgan fingerprint density at radius 1 is 1.24 bits per heavy atom. The lowest BCUT2D eigenvalue weighted by atomic mass is 10.0. The van der Waals surface area contributed by atoms with E-state index in [9.17, 15) is 0 Å². The van der Waals surface area contributed by atoms with Crippen molar-refractivity contribution < 1.29 is 9.53 Å². The van der Waals surface area contributed by atoms with Crippen molar-refractivity contribution in [1.29, 1.82) is 0 Å². The molecule has 0 unspecified atom stereocenters. The molecule has 1 aromatic rings. The first-order valence-electron chi connectivity index (χ1n) is 6.08. The largest absolute Gasteiger partial charge is 0.544 e. The van der Waals surface area contributed by atoms with E-state index in [1.54, 1.807) is 0 Å². The minimum atomic E-state index is -1.53. The van der Waals surface area contributed by atoms with Crippen LogP contribution in [-0.2, 0) is 0 Å². The van der Waals surface area contributed by atoms with E-state index in [-0.39, 0.29) is 12.6 Å². The van der Waals surface area contributed by atoms with Gasteiger partial charge in [0.05, 0.1) is 0 Å². The zero-order valence-corrected chi connectivity index (χ0v) is 11.9. The van der Waals surface area contributed by atoms with Gasteiger partial charge in [0.15, 0.2) is 0 Å². The Kier molecular flexibility index (Phi) is 5.18. The van der Waals surface area contributed by atoms with E-state index in [1.807, 2.05) is 24.3 Å². The standard InChI is InChI=1S/C13H23NO2Si/c1-17(2,3)16-12-8-6-11(7-9-12)13(14)5-4-10-15/h6-9,13,15H,4-5,10,14H2,1-3H3/t13-/m0/s1. The van der Waals surface area contributed by atoms with Crippen LogP contribution in [0.3, 0.4) is 0 Å². The first-order valence-corrected chi connectivity index (χ1v) is 9.48. The van der Waals surface area contributed by atoms with E-state index in [0.29, 0.717) is 0 Å². The van der Waals surface area contributed by atoms with Crippen molar-refractivity contribution in [2.24, 2.45) is 5.73 Å². The normalized spacial score (nSPS) is 13.5. The molecule has 0 aliphatic rings. The molecule has 0 bridgehead atoms. The van der Waals surface area contributed by atoms with Crippen molar-refractivity contribution in [3.8, 4) is 5.75 Å². The van der Waals surface area contributed by atoms with Crippen LogP contribution in [-0.4, -0.2) is 20.0 Å². The Morgan fingerprint density at radius 2 is 1.82 bits per heavy atom. The molecular weight excluding hydrogens is 230 g/mol. The van der Waals surface area contributed by atoms with Crippen LogP contribution in [0.25, 0.3) is 0 Å². The third-order valence-electron chi connectivity index (χ3n) is 2.41. The number of hydrogen-bond acceptors (Lipinski definition) is 3. The predicted molar refractivity (Wildman–Crippen MR) is 73.7 cm³/mol. The second-order valence-corrected chi connectivity index (χ2v) is 9.68. The third-order valence-corrected chi connectivity index (χ3v) is 3.25. The summed E-state index contributed by atoms with van der Waals surface area (Å²) in [6, 6.07) is 7.98. The maximum Gasteiger partial charge on any atom is 0.242 e. The molecule has 3 nitrogen and oxygen atoms in total. The van der Waals surface area contributed by atoms with Gasteiger partial charge in [0.2, 0.25) is 8.32 Å². The minimum Gasteiger partial charge on any atom is -0.544 e. The number of benzene rings is 1. The summed E-state index contributed by atoms with van der Waals surface area (Å²) in [5.41, 5.74) is 7.11. The topological polar surface area (TPSA) is 55.5 Å². The highest BCUT2D eigenvalue weighted by atomic mass is 28.4. The zero-order chi connectivity index (χ0) is 12.9. The summed E-state index contributed by atoms with van der Waals surface area (Å²) in [6.45, 7) is 6.68. The molecule has 0 spiro atoms. The summed E-state index contributed by atoms with van der Waals surface area (Å²) in [5, 5.41) is 8.76. The summed E-state index contributed by atoms with van der Waals surface area (Å²) < 4.78 is 5.88. The van der Waals surface area contributed by atoms with Crippen molar-refractivity contribution in [2.45, 2.75) is 38.5 Å². The summed E-state index contributed by atoms with van der Waals surface area (Å²) >= 11 is 0. The number of aliphatic hydroxyl groups excluding tert-OH is 1. The van der Waals surface area contributed by atoms with Gasteiger partial charge in [-0.2, -0.15) is 0 Å². The Morgan fingerprint density at radius 3 is 2.29 bits per heavy atom. The summed E-state index contributed by atoms with van der Waals surface area (Å²) in [5.74, 6) is 0.919. The lowest BCUT2D eigenvalue weighted by molar-refractivity contribution is 0.280. The third kappa shape index (κ3) is 5.34. The molecule has 0 amide bonds. The fraction of sp³-hybridized carbons (Fsp3) is 0.538. The lowest BCUT2D eigenvalue weighted by Crippen LogP contribution is -2.29. The van der Waals surface area contributed by atoms with Crippen molar-refractivity contribution in [2.75, 3.05) is 6.61 Å². The molecule has 4 heteroatoms. The molecule has 1 atom stereocenters. The molecule has 0 fully saturated rings. The zero-order valence-electron chi connectivity index (χ0n) is 10.9. The van der Waals surface area contributed by atoms with E-state index in [4.69, 9.17) is 15.3 Å². The van der Waals surface area contributed by atoms with E-state index in [0.717, 1.165) is 24.2 Å². The van der Waals surface area contributed by atoms with Crippen molar-refractivity contribution in [3.05, 3.63) is 29.8 Å². The highest BCUT2D eigenvalue weighted by Gasteiger charge is 2.16. The summed E-state index contributed by atoms with van der Waals surface area (Å²) in [7, 11) is -1.53. The Labute approximate surface area is 105 Å². The fourth-order valence-corrected chi connectivity index (χ4v) is 2.46. The minimum absolute atomic E-state index is 0.00285. The van der Waals surface area contributed by atoms with E-state index < -0.39 is 8.32 Å². The van der Waals surface area contributed by atoms with Crippen LogP contribution in [0.2, 0.25) is 19.6 Å². The van der Waals surface area contributed by atoms with Crippen LogP contribution in [0.5, 0.6) is 5.75 Å². The smallest absolute Gasteiger partial charge is 0.242 e. The number of aliphatic hydroxyl groups is 1. The van der Waals surface area contributed by atoms with E-state index in [2.05, 4.69) is 19.6 Å².